The van der Waals surface area contributed by atoms with Crippen LogP contribution in [0, 0.1) is 0 Å². The van der Waals surface area contributed by atoms with E-state index in [0.717, 1.165) is 17.5 Å². The number of benzene rings is 2. The molecule has 2 aromatic carbocycles. The number of rotatable bonds is 5. The van der Waals surface area contributed by atoms with Gasteiger partial charge in [0.25, 0.3) is 11.7 Å². The molecule has 0 aliphatic carbocycles. The third-order valence-electron chi connectivity index (χ3n) is 5.97. The Bertz CT molecular complexity index is 1230. The minimum absolute atomic E-state index is 0.0347. The summed E-state index contributed by atoms with van der Waals surface area (Å²) in [5, 5.41) is 11.2. The van der Waals surface area contributed by atoms with Crippen LogP contribution in [0.4, 0.5) is 0 Å². The van der Waals surface area contributed by atoms with E-state index in [4.69, 9.17) is 13.9 Å². The van der Waals surface area contributed by atoms with Gasteiger partial charge in [0, 0.05) is 5.56 Å². The molecule has 1 aromatic heterocycles. The number of ketones is 1. The zero-order chi connectivity index (χ0) is 22.9. The number of aliphatic hydroxyl groups is 1. The van der Waals surface area contributed by atoms with Crippen LogP contribution in [-0.4, -0.2) is 34.9 Å². The number of aliphatic hydroxyl groups excluding tert-OH is 1. The normalized spacial score (nSPS) is 19.2. The molecule has 3 heterocycles. The zero-order valence-electron chi connectivity index (χ0n) is 18.1. The van der Waals surface area contributed by atoms with Gasteiger partial charge in [0.05, 0.1) is 24.4 Å². The third-order valence-corrected chi connectivity index (χ3v) is 5.97. The monoisotopic (exact) mass is 445 g/mol. The second-order valence-corrected chi connectivity index (χ2v) is 7.96. The highest BCUT2D eigenvalue weighted by Gasteiger charge is 2.46. The summed E-state index contributed by atoms with van der Waals surface area (Å²) in [5.41, 5.74) is 2.28. The molecule has 1 saturated heterocycles. The lowest BCUT2D eigenvalue weighted by atomic mass is 9.94. The van der Waals surface area contributed by atoms with Crippen LogP contribution in [0.25, 0.3) is 5.76 Å². The number of furan rings is 1. The Labute approximate surface area is 190 Å². The van der Waals surface area contributed by atoms with Crippen LogP contribution in [-0.2, 0) is 22.6 Å². The molecule has 0 spiro atoms. The quantitative estimate of drug-likeness (QED) is 0.359. The molecule has 0 saturated carbocycles. The number of hydrogen-bond donors (Lipinski definition) is 1. The molecule has 1 N–H and O–H groups in total. The highest BCUT2D eigenvalue weighted by Crippen LogP contribution is 2.41. The molecule has 1 amide bonds. The molecule has 0 radical (unpaired) electrons. The molecule has 168 valence electrons. The van der Waals surface area contributed by atoms with E-state index in [9.17, 15) is 14.7 Å². The van der Waals surface area contributed by atoms with E-state index in [2.05, 4.69) is 6.92 Å². The molecule has 1 atom stereocenters. The number of Topliss-reactive ketones (excluding diaryl/α,β-unsaturated/α-hetero) is 1. The van der Waals surface area contributed by atoms with Gasteiger partial charge in [-0.15, -0.1) is 0 Å². The first kappa shape index (κ1) is 20.9. The summed E-state index contributed by atoms with van der Waals surface area (Å²) >= 11 is 0. The Morgan fingerprint density at radius 3 is 2.48 bits per heavy atom. The van der Waals surface area contributed by atoms with Crippen LogP contribution in [0.2, 0.25) is 0 Å². The number of fused-ring (bicyclic) bond motifs is 1. The zero-order valence-corrected chi connectivity index (χ0v) is 18.1. The number of nitrogens with zero attached hydrogens (tertiary/aromatic N) is 1. The summed E-state index contributed by atoms with van der Waals surface area (Å²) in [7, 11) is 0. The van der Waals surface area contributed by atoms with Gasteiger partial charge < -0.3 is 23.9 Å². The highest BCUT2D eigenvalue weighted by atomic mass is 16.6. The number of amides is 1. The highest BCUT2D eigenvalue weighted by molar-refractivity contribution is 6.46. The van der Waals surface area contributed by atoms with Gasteiger partial charge in [0.1, 0.15) is 24.7 Å². The average Bonchev–Trinajstić information content (AvgIpc) is 3.46. The topological polar surface area (TPSA) is 89.2 Å². The van der Waals surface area contributed by atoms with Crippen LogP contribution in [0.15, 0.2) is 70.9 Å². The maximum atomic E-state index is 13.2. The molecule has 1 unspecified atom stereocenters. The van der Waals surface area contributed by atoms with Crippen molar-refractivity contribution in [2.45, 2.75) is 25.9 Å². The molecule has 33 heavy (non-hydrogen) atoms. The lowest BCUT2D eigenvalue weighted by Gasteiger charge is -2.25. The number of hydrogen-bond acceptors (Lipinski definition) is 6. The molecular formula is C26H23NO6. The standard InChI is InChI=1S/C26H23NO6/c1-2-16-5-7-17(8-6-16)23-22(25(29)26(30)27(23)15-19-4-3-11-31-19)24(28)18-9-10-20-21(14-18)33-13-12-32-20/h3-11,14,23,28H,2,12-13,15H2,1H3. The number of aryl methyl sites for hydroxylation is 1. The fraction of sp³-hybridized carbons (Fsp3) is 0.231. The molecule has 0 bridgehead atoms. The van der Waals surface area contributed by atoms with Crippen molar-refractivity contribution in [1.29, 1.82) is 0 Å². The van der Waals surface area contributed by atoms with Gasteiger partial charge in [0.15, 0.2) is 11.5 Å². The van der Waals surface area contributed by atoms with E-state index in [1.165, 1.54) is 11.2 Å². The fourth-order valence-corrected chi connectivity index (χ4v) is 4.24. The maximum absolute atomic E-state index is 13.2. The van der Waals surface area contributed by atoms with Crippen LogP contribution in [0.1, 0.15) is 35.4 Å². The molecule has 1 fully saturated rings. The number of carbonyl (C=O) groups excluding carboxylic acids is 2. The predicted octanol–water partition coefficient (Wildman–Crippen LogP) is 4.24. The van der Waals surface area contributed by atoms with Crippen molar-refractivity contribution >= 4 is 17.4 Å². The Kier molecular flexibility index (Phi) is 5.38. The molecule has 7 nitrogen and oxygen atoms in total. The van der Waals surface area contributed by atoms with Gasteiger partial charge in [-0.05, 0) is 47.9 Å². The van der Waals surface area contributed by atoms with E-state index in [1.807, 2.05) is 24.3 Å². The largest absolute Gasteiger partial charge is 0.507 e. The smallest absolute Gasteiger partial charge is 0.296 e. The van der Waals surface area contributed by atoms with E-state index in [-0.39, 0.29) is 17.9 Å². The summed E-state index contributed by atoms with van der Waals surface area (Å²) in [5.74, 6) is -0.0708. The summed E-state index contributed by atoms with van der Waals surface area (Å²) in [4.78, 5) is 27.7. The number of likely N-dealkylation sites (tertiary alicyclic amines) is 1. The number of ether oxygens (including phenoxy) is 2. The Balaban J connectivity index is 1.62. The van der Waals surface area contributed by atoms with Crippen molar-refractivity contribution in [3.63, 3.8) is 0 Å². The third kappa shape index (κ3) is 3.75. The van der Waals surface area contributed by atoms with Crippen molar-refractivity contribution in [2.75, 3.05) is 13.2 Å². The van der Waals surface area contributed by atoms with Gasteiger partial charge in [-0.1, -0.05) is 31.2 Å². The summed E-state index contributed by atoms with van der Waals surface area (Å²) < 4.78 is 16.6. The van der Waals surface area contributed by atoms with Crippen molar-refractivity contribution in [3.8, 4) is 11.5 Å². The minimum Gasteiger partial charge on any atom is -0.507 e. The second kappa shape index (κ2) is 8.50. The van der Waals surface area contributed by atoms with Crippen LogP contribution in [0.3, 0.4) is 0 Å². The van der Waals surface area contributed by atoms with Crippen molar-refractivity contribution in [2.24, 2.45) is 0 Å². The maximum Gasteiger partial charge on any atom is 0.296 e. The van der Waals surface area contributed by atoms with Crippen LogP contribution < -0.4 is 9.47 Å². The van der Waals surface area contributed by atoms with Gasteiger partial charge in [-0.25, -0.2) is 0 Å². The van der Waals surface area contributed by atoms with Gasteiger partial charge in [-0.3, -0.25) is 9.59 Å². The first-order valence-electron chi connectivity index (χ1n) is 10.9. The Morgan fingerprint density at radius 2 is 1.79 bits per heavy atom. The van der Waals surface area contributed by atoms with Crippen molar-refractivity contribution in [3.05, 3.63) is 88.9 Å². The SMILES string of the molecule is CCc1ccc(C2C(=C(O)c3ccc4c(c3)OCCO4)C(=O)C(=O)N2Cc2ccco2)cc1. The Morgan fingerprint density at radius 1 is 1.03 bits per heavy atom. The average molecular weight is 445 g/mol. The molecular weight excluding hydrogens is 422 g/mol. The fourth-order valence-electron chi connectivity index (χ4n) is 4.24. The molecule has 5 rings (SSSR count). The van der Waals surface area contributed by atoms with E-state index in [1.54, 1.807) is 30.3 Å². The first-order chi connectivity index (χ1) is 16.1. The molecule has 2 aliphatic rings. The molecule has 2 aliphatic heterocycles. The van der Waals surface area contributed by atoms with Crippen molar-refractivity contribution in [1.82, 2.24) is 4.90 Å². The predicted molar refractivity (Wildman–Crippen MR) is 120 cm³/mol. The van der Waals surface area contributed by atoms with Gasteiger partial charge in [0.2, 0.25) is 0 Å². The lowest BCUT2D eigenvalue weighted by Crippen LogP contribution is -2.29. The number of carbonyl (C=O) groups is 2. The summed E-state index contributed by atoms with van der Waals surface area (Å²) in [6.45, 7) is 3.01. The van der Waals surface area contributed by atoms with Gasteiger partial charge >= 0.3 is 0 Å². The minimum atomic E-state index is -0.755. The second-order valence-electron chi connectivity index (χ2n) is 7.96. The Hall–Kier alpha value is -4.00. The molecule has 3 aromatic rings. The molecule has 7 heteroatoms. The van der Waals surface area contributed by atoms with Crippen molar-refractivity contribution < 1.29 is 28.6 Å². The van der Waals surface area contributed by atoms with Gasteiger partial charge in [-0.2, -0.15) is 0 Å². The summed E-state index contributed by atoms with van der Waals surface area (Å²) in [6.07, 6.45) is 2.39. The summed E-state index contributed by atoms with van der Waals surface area (Å²) in [6, 6.07) is 15.4. The van der Waals surface area contributed by atoms with E-state index < -0.39 is 17.7 Å². The van der Waals surface area contributed by atoms with Crippen LogP contribution in [0.5, 0.6) is 11.5 Å². The first-order valence-corrected chi connectivity index (χ1v) is 10.9. The van der Waals surface area contributed by atoms with Crippen LogP contribution >= 0.6 is 0 Å². The van der Waals surface area contributed by atoms with E-state index >= 15 is 0 Å². The van der Waals surface area contributed by atoms with E-state index in [0.29, 0.717) is 36.0 Å². The lowest BCUT2D eigenvalue weighted by molar-refractivity contribution is -0.140.